The van der Waals surface area contributed by atoms with E-state index >= 15 is 0 Å². The van der Waals surface area contributed by atoms with Crippen molar-refractivity contribution in [1.29, 1.82) is 0 Å². The summed E-state index contributed by atoms with van der Waals surface area (Å²) in [6, 6.07) is 2.42. The lowest BCUT2D eigenvalue weighted by atomic mass is 10.0. The van der Waals surface area contributed by atoms with Gasteiger partial charge in [0, 0.05) is 22.8 Å². The number of hydrogen-bond donors (Lipinski definition) is 3. The van der Waals surface area contributed by atoms with E-state index in [9.17, 15) is 19.5 Å². The van der Waals surface area contributed by atoms with Gasteiger partial charge in [-0.05, 0) is 6.07 Å². The number of nitrogens with one attached hydrogen (secondary N) is 1. The van der Waals surface area contributed by atoms with E-state index in [1.807, 2.05) is 18.3 Å². The van der Waals surface area contributed by atoms with Crippen LogP contribution in [0.25, 0.3) is 11.0 Å². The number of carbonyl (C=O) groups excluding carboxylic acids is 2. The van der Waals surface area contributed by atoms with Gasteiger partial charge in [0.05, 0.1) is 6.26 Å². The third-order valence-corrected chi connectivity index (χ3v) is 6.76. The molecule has 15 heteroatoms. The first kappa shape index (κ1) is 22.4. The highest BCUT2D eigenvalue weighted by atomic mass is 32.2. The Labute approximate surface area is 200 Å². The van der Waals surface area contributed by atoms with Crippen LogP contribution >= 0.6 is 11.8 Å². The molecule has 14 nitrogen and oxygen atoms in total. The van der Waals surface area contributed by atoms with Gasteiger partial charge in [-0.1, -0.05) is 10.3 Å². The van der Waals surface area contributed by atoms with E-state index in [2.05, 4.69) is 30.0 Å². The predicted octanol–water partition coefficient (Wildman–Crippen LogP) is -0.525. The van der Waals surface area contributed by atoms with Crippen LogP contribution in [0.1, 0.15) is 5.82 Å². The normalized spacial score (nSPS) is 20.0. The summed E-state index contributed by atoms with van der Waals surface area (Å²) in [5, 5.41) is 19.9. The van der Waals surface area contributed by atoms with E-state index in [1.165, 1.54) is 23.8 Å². The average molecular weight is 500 g/mol. The Morgan fingerprint density at radius 3 is 3.00 bits per heavy atom. The quantitative estimate of drug-likeness (QED) is 0.164. The number of nitrogens with two attached hydrogens (primary N) is 1. The molecular formula is C20H18N7O7S+. The van der Waals surface area contributed by atoms with Gasteiger partial charge in [0.2, 0.25) is 17.7 Å². The number of rotatable bonds is 7. The molecule has 0 spiro atoms. The Bertz CT molecular complexity index is 1410. The fourth-order valence-electron chi connectivity index (χ4n) is 3.88. The summed E-state index contributed by atoms with van der Waals surface area (Å²) >= 11 is 1.34. The molecule has 1 unspecified atom stereocenters. The van der Waals surface area contributed by atoms with E-state index in [4.69, 9.17) is 10.2 Å². The average Bonchev–Trinajstić information content (AvgIpc) is 3.48. The molecule has 2 aliphatic rings. The number of fused-ring (bicyclic) bond motifs is 2. The van der Waals surface area contributed by atoms with E-state index in [0.29, 0.717) is 16.9 Å². The number of aromatic nitrogens is 3. The second kappa shape index (κ2) is 8.75. The number of anilines is 1. The van der Waals surface area contributed by atoms with Crippen molar-refractivity contribution >= 4 is 52.2 Å². The van der Waals surface area contributed by atoms with Gasteiger partial charge in [-0.25, -0.2) is 4.79 Å². The van der Waals surface area contributed by atoms with Crippen LogP contribution in [0.4, 0.5) is 6.01 Å². The third kappa shape index (κ3) is 3.95. The van der Waals surface area contributed by atoms with Crippen LogP contribution in [-0.4, -0.2) is 67.9 Å². The van der Waals surface area contributed by atoms with Crippen molar-refractivity contribution in [2.24, 2.45) is 5.16 Å². The van der Waals surface area contributed by atoms with Gasteiger partial charge < -0.3 is 29.9 Å². The van der Waals surface area contributed by atoms with Crippen molar-refractivity contribution in [3.05, 3.63) is 47.9 Å². The number of nitrogen functional groups attached to an aromatic ring is 1. The largest absolute Gasteiger partial charge is 0.477 e. The number of aliphatic carboxylic acids is 1. The number of pyridine rings is 1. The van der Waals surface area contributed by atoms with Crippen molar-refractivity contribution in [2.45, 2.75) is 18.0 Å². The van der Waals surface area contributed by atoms with Crippen molar-refractivity contribution in [3.63, 3.8) is 0 Å². The molecule has 0 bridgehead atoms. The maximum Gasteiger partial charge on any atom is 0.352 e. The summed E-state index contributed by atoms with van der Waals surface area (Å²) in [6.45, 7) is 0.253. The minimum Gasteiger partial charge on any atom is -0.477 e. The molecule has 35 heavy (non-hydrogen) atoms. The van der Waals surface area contributed by atoms with E-state index in [1.54, 1.807) is 17.0 Å². The maximum atomic E-state index is 12.9. The molecule has 1 saturated heterocycles. The summed E-state index contributed by atoms with van der Waals surface area (Å²) in [7, 11) is 1.22. The van der Waals surface area contributed by atoms with Gasteiger partial charge >= 0.3 is 12.0 Å². The van der Waals surface area contributed by atoms with Crippen molar-refractivity contribution < 1.29 is 37.8 Å². The molecule has 0 aliphatic carbocycles. The Kier molecular flexibility index (Phi) is 5.60. The highest BCUT2D eigenvalue weighted by Crippen LogP contribution is 2.40. The zero-order valence-corrected chi connectivity index (χ0v) is 18.9. The van der Waals surface area contributed by atoms with Crippen LogP contribution in [0.5, 0.6) is 0 Å². The van der Waals surface area contributed by atoms with Crippen LogP contribution in [0.2, 0.25) is 0 Å². The summed E-state index contributed by atoms with van der Waals surface area (Å²) in [5.74, 6) is -2.49. The van der Waals surface area contributed by atoms with Crippen molar-refractivity contribution in [2.75, 3.05) is 18.6 Å². The first-order valence-corrected chi connectivity index (χ1v) is 11.2. The molecule has 5 heterocycles. The van der Waals surface area contributed by atoms with Crippen LogP contribution < -0.4 is 15.6 Å². The Hall–Kier alpha value is -4.40. The second-order valence-electron chi connectivity index (χ2n) is 7.55. The standard InChI is InChI=1S/C20H17N7O7S/c1-32-24-12(15-23-20(21)34-25-15)16(28)22-13-17(29)27-14(19(30)31)10(8-35-18(13)27)6-26-4-2-9-3-5-33-11(9)7-26/h2-5,7,13,18H,6,8H2,1H3,(H3-,21,22,23,25,28,30,31)/p+1/t13?,18-/m0/s1. The molecule has 1 fully saturated rings. The van der Waals surface area contributed by atoms with Gasteiger partial charge in [-0.15, -0.1) is 11.8 Å². The minimum absolute atomic E-state index is 0.104. The van der Waals surface area contributed by atoms with Gasteiger partial charge in [0.15, 0.2) is 18.3 Å². The molecular weight excluding hydrogens is 482 g/mol. The number of carboxylic acids is 1. The topological polar surface area (TPSA) is 190 Å². The lowest BCUT2D eigenvalue weighted by Gasteiger charge is -2.49. The van der Waals surface area contributed by atoms with Gasteiger partial charge in [-0.2, -0.15) is 9.55 Å². The smallest absolute Gasteiger partial charge is 0.352 e. The molecule has 4 N–H and O–H groups in total. The SMILES string of the molecule is CON=C(C(=O)NC1C(=O)N2C(C(=O)O)=C(C[n+]3ccc4ccoc4c3)CS[C@@H]12)c1noc(N)n1. The zero-order valence-electron chi connectivity index (χ0n) is 18.1. The molecule has 3 aromatic heterocycles. The molecule has 2 amide bonds. The third-order valence-electron chi connectivity index (χ3n) is 5.42. The molecule has 0 radical (unpaired) electrons. The Morgan fingerprint density at radius 1 is 1.46 bits per heavy atom. The summed E-state index contributed by atoms with van der Waals surface area (Å²) in [4.78, 5) is 47.4. The number of hydrogen-bond acceptors (Lipinski definition) is 11. The molecule has 2 aliphatic heterocycles. The number of oxime groups is 1. The first-order valence-electron chi connectivity index (χ1n) is 10.1. The van der Waals surface area contributed by atoms with E-state index in [0.717, 1.165) is 5.39 Å². The van der Waals surface area contributed by atoms with Crippen LogP contribution in [0, 0.1) is 0 Å². The molecule has 0 aromatic carbocycles. The number of carbonyl (C=O) groups is 3. The van der Waals surface area contributed by atoms with E-state index in [-0.39, 0.29) is 29.8 Å². The van der Waals surface area contributed by atoms with Crippen molar-refractivity contribution in [3.8, 4) is 0 Å². The number of thioether (sulfide) groups is 1. The van der Waals surface area contributed by atoms with E-state index < -0.39 is 29.2 Å². The highest BCUT2D eigenvalue weighted by Gasteiger charge is 2.55. The number of β-lactam (4-membered cyclic amide) rings is 1. The highest BCUT2D eigenvalue weighted by molar-refractivity contribution is 8.00. The monoisotopic (exact) mass is 500 g/mol. The van der Waals surface area contributed by atoms with Crippen LogP contribution in [0.3, 0.4) is 0 Å². The summed E-state index contributed by atoms with van der Waals surface area (Å²) in [6.07, 6.45) is 5.14. The van der Waals surface area contributed by atoms with Gasteiger partial charge in [0.25, 0.3) is 11.8 Å². The number of carboxylic acid groups (broad SMARTS) is 1. The fourth-order valence-corrected chi connectivity index (χ4v) is 5.22. The number of furan rings is 1. The van der Waals surface area contributed by atoms with Crippen LogP contribution in [-0.2, 0) is 25.8 Å². The number of nitrogens with zero attached hydrogens (tertiary/aromatic N) is 5. The maximum absolute atomic E-state index is 12.9. The molecule has 180 valence electrons. The lowest BCUT2D eigenvalue weighted by molar-refractivity contribution is -0.688. The van der Waals surface area contributed by atoms with Gasteiger partial charge in [-0.3, -0.25) is 14.5 Å². The molecule has 3 aromatic rings. The molecule has 0 saturated carbocycles. The fraction of sp³-hybridized carbons (Fsp3) is 0.250. The number of amides is 2. The summed E-state index contributed by atoms with van der Waals surface area (Å²) < 4.78 is 11.9. The predicted molar refractivity (Wildman–Crippen MR) is 118 cm³/mol. The molecule has 5 rings (SSSR count). The second-order valence-corrected chi connectivity index (χ2v) is 8.66. The summed E-state index contributed by atoms with van der Waals surface area (Å²) in [5.41, 5.74) is 6.15. The Morgan fingerprint density at radius 2 is 2.29 bits per heavy atom. The zero-order chi connectivity index (χ0) is 24.7. The molecule has 2 atom stereocenters. The van der Waals surface area contributed by atoms with Crippen molar-refractivity contribution in [1.82, 2.24) is 20.4 Å². The van der Waals surface area contributed by atoms with Crippen LogP contribution in [0.15, 0.2) is 56.2 Å². The Balaban J connectivity index is 1.36. The minimum atomic E-state index is -1.23. The van der Waals surface area contributed by atoms with Gasteiger partial charge in [0.1, 0.15) is 24.2 Å². The first-order chi connectivity index (χ1) is 16.9. The lowest BCUT2D eigenvalue weighted by Crippen LogP contribution is -2.71.